The molecule has 4 heteroatoms. The molecule has 1 aromatic rings. The highest BCUT2D eigenvalue weighted by Crippen LogP contribution is 2.10. The summed E-state index contributed by atoms with van der Waals surface area (Å²) in [6.07, 6.45) is 3.79. The second kappa shape index (κ2) is 8.89. The lowest BCUT2D eigenvalue weighted by molar-refractivity contribution is 0.225. The average molecular weight is 251 g/mol. The molecule has 0 aliphatic rings. The maximum Gasteiger partial charge on any atom is 0.126 e. The van der Waals surface area contributed by atoms with E-state index in [1.165, 1.54) is 5.56 Å². The number of hydrogen-bond acceptors (Lipinski definition) is 4. The second-order valence-corrected chi connectivity index (χ2v) is 4.42. The highest BCUT2D eigenvalue weighted by Gasteiger charge is 2.04. The SMILES string of the molecule is CCCNc1cc(CN(CC)CCCO)ccn1. The van der Waals surface area contributed by atoms with E-state index >= 15 is 0 Å². The van der Waals surface area contributed by atoms with E-state index in [0.29, 0.717) is 0 Å². The topological polar surface area (TPSA) is 48.4 Å². The molecule has 0 fully saturated rings. The maximum atomic E-state index is 8.87. The Bertz CT molecular complexity index is 331. The lowest BCUT2D eigenvalue weighted by atomic mass is 10.2. The molecule has 102 valence electrons. The summed E-state index contributed by atoms with van der Waals surface area (Å²) in [6, 6.07) is 4.16. The van der Waals surface area contributed by atoms with Gasteiger partial charge in [-0.15, -0.1) is 0 Å². The van der Waals surface area contributed by atoms with Crippen molar-refractivity contribution < 1.29 is 5.11 Å². The standard InChI is InChI=1S/C14H25N3O/c1-3-7-15-14-11-13(6-8-16-14)12-17(4-2)9-5-10-18/h6,8,11,18H,3-5,7,9-10,12H2,1-2H3,(H,15,16). The molecule has 0 aliphatic heterocycles. The third-order valence-electron chi connectivity index (χ3n) is 2.87. The zero-order chi connectivity index (χ0) is 13.2. The fourth-order valence-corrected chi connectivity index (χ4v) is 1.82. The smallest absolute Gasteiger partial charge is 0.126 e. The molecular weight excluding hydrogens is 226 g/mol. The maximum absolute atomic E-state index is 8.87. The van der Waals surface area contributed by atoms with Crippen molar-refractivity contribution >= 4 is 5.82 Å². The van der Waals surface area contributed by atoms with Crippen LogP contribution in [0.15, 0.2) is 18.3 Å². The van der Waals surface area contributed by atoms with Gasteiger partial charge in [-0.25, -0.2) is 4.98 Å². The van der Waals surface area contributed by atoms with Gasteiger partial charge < -0.3 is 10.4 Å². The number of aromatic nitrogens is 1. The number of aliphatic hydroxyl groups is 1. The Balaban J connectivity index is 2.53. The number of anilines is 1. The zero-order valence-corrected chi connectivity index (χ0v) is 11.5. The van der Waals surface area contributed by atoms with Crippen LogP contribution < -0.4 is 5.32 Å². The molecule has 0 atom stereocenters. The van der Waals surface area contributed by atoms with E-state index in [0.717, 1.165) is 44.8 Å². The fraction of sp³-hybridized carbons (Fsp3) is 0.643. The van der Waals surface area contributed by atoms with Crippen LogP contribution in [0.3, 0.4) is 0 Å². The van der Waals surface area contributed by atoms with E-state index in [1.54, 1.807) is 0 Å². The summed E-state index contributed by atoms with van der Waals surface area (Å²) in [5, 5.41) is 12.2. The summed E-state index contributed by atoms with van der Waals surface area (Å²) in [6.45, 7) is 8.36. The molecule has 18 heavy (non-hydrogen) atoms. The minimum Gasteiger partial charge on any atom is -0.396 e. The molecule has 2 N–H and O–H groups in total. The van der Waals surface area contributed by atoms with Crippen molar-refractivity contribution in [2.45, 2.75) is 33.2 Å². The first-order chi connectivity index (χ1) is 8.80. The average Bonchev–Trinajstić information content (AvgIpc) is 2.41. The molecule has 0 amide bonds. The first-order valence-corrected chi connectivity index (χ1v) is 6.82. The number of pyridine rings is 1. The molecule has 0 saturated carbocycles. The van der Waals surface area contributed by atoms with E-state index in [-0.39, 0.29) is 6.61 Å². The predicted octanol–water partition coefficient (Wildman–Crippen LogP) is 2.11. The molecule has 1 heterocycles. The molecular formula is C14H25N3O. The monoisotopic (exact) mass is 251 g/mol. The Hall–Kier alpha value is -1.13. The Morgan fingerprint density at radius 2 is 2.22 bits per heavy atom. The Kier molecular flexibility index (Phi) is 7.37. The van der Waals surface area contributed by atoms with Gasteiger partial charge in [0.25, 0.3) is 0 Å². The highest BCUT2D eigenvalue weighted by atomic mass is 16.3. The van der Waals surface area contributed by atoms with Crippen LogP contribution in [-0.2, 0) is 6.54 Å². The van der Waals surface area contributed by atoms with Crippen LogP contribution in [0, 0.1) is 0 Å². The second-order valence-electron chi connectivity index (χ2n) is 4.42. The predicted molar refractivity (Wildman–Crippen MR) is 75.7 cm³/mol. The molecule has 0 radical (unpaired) electrons. The van der Waals surface area contributed by atoms with Crippen molar-refractivity contribution in [3.8, 4) is 0 Å². The third kappa shape index (κ3) is 5.47. The van der Waals surface area contributed by atoms with Crippen LogP contribution in [0.1, 0.15) is 32.3 Å². The van der Waals surface area contributed by atoms with Crippen LogP contribution in [-0.4, -0.2) is 41.2 Å². The van der Waals surface area contributed by atoms with E-state index in [9.17, 15) is 0 Å². The molecule has 4 nitrogen and oxygen atoms in total. The van der Waals surface area contributed by atoms with Crippen molar-refractivity contribution in [3.63, 3.8) is 0 Å². The van der Waals surface area contributed by atoms with Crippen LogP contribution in [0.25, 0.3) is 0 Å². The summed E-state index contributed by atoms with van der Waals surface area (Å²) in [5.74, 6) is 0.951. The minimum absolute atomic E-state index is 0.260. The van der Waals surface area contributed by atoms with Crippen LogP contribution in [0.4, 0.5) is 5.82 Å². The summed E-state index contributed by atoms with van der Waals surface area (Å²) in [7, 11) is 0. The summed E-state index contributed by atoms with van der Waals surface area (Å²) >= 11 is 0. The summed E-state index contributed by atoms with van der Waals surface area (Å²) in [5.41, 5.74) is 1.27. The molecule has 1 aromatic heterocycles. The van der Waals surface area contributed by atoms with Gasteiger partial charge in [-0.05, 0) is 37.1 Å². The van der Waals surface area contributed by atoms with Gasteiger partial charge in [0.2, 0.25) is 0 Å². The van der Waals surface area contributed by atoms with Gasteiger partial charge in [-0.2, -0.15) is 0 Å². The van der Waals surface area contributed by atoms with Crippen LogP contribution in [0.5, 0.6) is 0 Å². The molecule has 0 unspecified atom stereocenters. The molecule has 0 aliphatic carbocycles. The van der Waals surface area contributed by atoms with Gasteiger partial charge in [-0.3, -0.25) is 4.90 Å². The Labute approximate surface area is 110 Å². The fourth-order valence-electron chi connectivity index (χ4n) is 1.82. The quantitative estimate of drug-likeness (QED) is 0.705. The van der Waals surface area contributed by atoms with Gasteiger partial charge in [0.05, 0.1) is 0 Å². The van der Waals surface area contributed by atoms with Gasteiger partial charge in [0.15, 0.2) is 0 Å². The lowest BCUT2D eigenvalue weighted by Gasteiger charge is -2.20. The Morgan fingerprint density at radius 3 is 2.89 bits per heavy atom. The molecule has 0 bridgehead atoms. The van der Waals surface area contributed by atoms with E-state index in [1.807, 2.05) is 6.20 Å². The van der Waals surface area contributed by atoms with Crippen molar-refractivity contribution in [1.82, 2.24) is 9.88 Å². The van der Waals surface area contributed by atoms with Gasteiger partial charge in [-0.1, -0.05) is 13.8 Å². The lowest BCUT2D eigenvalue weighted by Crippen LogP contribution is -2.24. The van der Waals surface area contributed by atoms with Crippen molar-refractivity contribution in [3.05, 3.63) is 23.9 Å². The minimum atomic E-state index is 0.260. The van der Waals surface area contributed by atoms with Crippen LogP contribution >= 0.6 is 0 Å². The largest absolute Gasteiger partial charge is 0.396 e. The summed E-state index contributed by atoms with van der Waals surface area (Å²) < 4.78 is 0. The van der Waals surface area contributed by atoms with Crippen molar-refractivity contribution in [2.24, 2.45) is 0 Å². The zero-order valence-electron chi connectivity index (χ0n) is 11.5. The van der Waals surface area contributed by atoms with Gasteiger partial charge >= 0.3 is 0 Å². The van der Waals surface area contributed by atoms with Crippen molar-refractivity contribution in [2.75, 3.05) is 31.6 Å². The molecule has 0 spiro atoms. The van der Waals surface area contributed by atoms with E-state index in [4.69, 9.17) is 5.11 Å². The number of aliphatic hydroxyl groups excluding tert-OH is 1. The third-order valence-corrected chi connectivity index (χ3v) is 2.87. The summed E-state index contributed by atoms with van der Waals surface area (Å²) in [4.78, 5) is 6.63. The molecule has 0 aromatic carbocycles. The number of nitrogens with one attached hydrogen (secondary N) is 1. The van der Waals surface area contributed by atoms with Crippen molar-refractivity contribution in [1.29, 1.82) is 0 Å². The van der Waals surface area contributed by atoms with E-state index < -0.39 is 0 Å². The molecule has 1 rings (SSSR count). The van der Waals surface area contributed by atoms with Crippen LogP contribution in [0.2, 0.25) is 0 Å². The Morgan fingerprint density at radius 1 is 1.39 bits per heavy atom. The first-order valence-electron chi connectivity index (χ1n) is 6.82. The molecule has 0 saturated heterocycles. The van der Waals surface area contributed by atoms with E-state index in [2.05, 4.69) is 41.2 Å². The number of nitrogens with zero attached hydrogens (tertiary/aromatic N) is 2. The highest BCUT2D eigenvalue weighted by molar-refractivity contribution is 5.37. The van der Waals surface area contributed by atoms with Gasteiger partial charge in [0, 0.05) is 32.4 Å². The number of hydrogen-bond donors (Lipinski definition) is 2. The number of rotatable bonds is 9. The first kappa shape index (κ1) is 14.9. The normalized spacial score (nSPS) is 10.9. The van der Waals surface area contributed by atoms with Gasteiger partial charge in [0.1, 0.15) is 5.82 Å².